The van der Waals surface area contributed by atoms with Crippen LogP contribution in [0.2, 0.25) is 10.0 Å². The molecular formula is C19H13Cl2NO3. The number of nitrogens with one attached hydrogen (secondary N) is 1. The summed E-state index contributed by atoms with van der Waals surface area (Å²) in [5, 5.41) is 13.9. The van der Waals surface area contributed by atoms with Gasteiger partial charge in [0.1, 0.15) is 0 Å². The zero-order chi connectivity index (χ0) is 18.0. The van der Waals surface area contributed by atoms with Crippen LogP contribution < -0.4 is 5.32 Å². The van der Waals surface area contributed by atoms with Crippen LogP contribution in [-0.4, -0.2) is 17.0 Å². The van der Waals surface area contributed by atoms with E-state index in [4.69, 9.17) is 28.3 Å². The molecule has 0 aromatic heterocycles. The SMILES string of the molecule is O=C(NCc1cccc2ccccc12)c1cc(Cl)c(C(=O)O)c(Cl)c1. The molecule has 3 rings (SSSR count). The molecule has 0 aliphatic rings. The molecule has 0 bridgehead atoms. The topological polar surface area (TPSA) is 66.4 Å². The number of hydrogen-bond donors (Lipinski definition) is 2. The molecule has 0 saturated heterocycles. The van der Waals surface area contributed by atoms with E-state index in [2.05, 4.69) is 5.32 Å². The molecular weight excluding hydrogens is 361 g/mol. The van der Waals surface area contributed by atoms with Crippen LogP contribution >= 0.6 is 23.2 Å². The normalized spacial score (nSPS) is 10.6. The first kappa shape index (κ1) is 17.3. The molecule has 0 atom stereocenters. The fourth-order valence-electron chi connectivity index (χ4n) is 2.63. The minimum Gasteiger partial charge on any atom is -0.478 e. The van der Waals surface area contributed by atoms with Crippen LogP contribution in [0.25, 0.3) is 10.8 Å². The van der Waals surface area contributed by atoms with Gasteiger partial charge in [-0.3, -0.25) is 4.79 Å². The van der Waals surface area contributed by atoms with Crippen molar-refractivity contribution in [3.63, 3.8) is 0 Å². The molecule has 2 N–H and O–H groups in total. The van der Waals surface area contributed by atoms with E-state index in [9.17, 15) is 9.59 Å². The third kappa shape index (κ3) is 3.60. The van der Waals surface area contributed by atoms with E-state index in [0.717, 1.165) is 16.3 Å². The van der Waals surface area contributed by atoms with Gasteiger partial charge in [0.2, 0.25) is 0 Å². The van der Waals surface area contributed by atoms with Crippen molar-refractivity contribution in [3.8, 4) is 0 Å². The van der Waals surface area contributed by atoms with Crippen molar-refractivity contribution in [2.75, 3.05) is 0 Å². The van der Waals surface area contributed by atoms with Gasteiger partial charge < -0.3 is 10.4 Å². The molecule has 3 aromatic rings. The average molecular weight is 374 g/mol. The number of halogens is 2. The average Bonchev–Trinajstić information content (AvgIpc) is 2.58. The summed E-state index contributed by atoms with van der Waals surface area (Å²) in [5.74, 6) is -1.62. The Labute approximate surface area is 154 Å². The van der Waals surface area contributed by atoms with E-state index in [1.165, 1.54) is 12.1 Å². The number of aromatic carboxylic acids is 1. The first-order valence-electron chi connectivity index (χ1n) is 7.44. The Morgan fingerprint density at radius 2 is 1.60 bits per heavy atom. The van der Waals surface area contributed by atoms with Crippen molar-refractivity contribution >= 4 is 45.9 Å². The summed E-state index contributed by atoms with van der Waals surface area (Å²) in [6.07, 6.45) is 0. The highest BCUT2D eigenvalue weighted by molar-refractivity contribution is 6.39. The maximum absolute atomic E-state index is 12.4. The minimum absolute atomic E-state index is 0.0738. The van der Waals surface area contributed by atoms with E-state index in [0.29, 0.717) is 6.54 Å². The highest BCUT2D eigenvalue weighted by Gasteiger charge is 2.17. The summed E-state index contributed by atoms with van der Waals surface area (Å²) < 4.78 is 0. The lowest BCUT2D eigenvalue weighted by molar-refractivity contribution is 0.0696. The zero-order valence-electron chi connectivity index (χ0n) is 12.9. The van der Waals surface area contributed by atoms with Gasteiger partial charge in [-0.25, -0.2) is 4.79 Å². The Morgan fingerprint density at radius 1 is 0.960 bits per heavy atom. The van der Waals surface area contributed by atoms with Crippen molar-refractivity contribution < 1.29 is 14.7 Å². The number of carboxylic acid groups (broad SMARTS) is 1. The van der Waals surface area contributed by atoms with Crippen molar-refractivity contribution in [2.24, 2.45) is 0 Å². The molecule has 4 nitrogen and oxygen atoms in total. The van der Waals surface area contributed by atoms with Crippen LogP contribution in [0.15, 0.2) is 54.6 Å². The lowest BCUT2D eigenvalue weighted by atomic mass is 10.0. The Hall–Kier alpha value is -2.56. The summed E-state index contributed by atoms with van der Waals surface area (Å²) in [7, 11) is 0. The Bertz CT molecular complexity index is 957. The van der Waals surface area contributed by atoms with Gasteiger partial charge in [-0.1, -0.05) is 65.7 Å². The van der Waals surface area contributed by atoms with Crippen molar-refractivity contribution in [2.45, 2.75) is 6.54 Å². The summed E-state index contributed by atoms with van der Waals surface area (Å²) in [4.78, 5) is 23.5. The van der Waals surface area contributed by atoms with Crippen LogP contribution in [0.3, 0.4) is 0 Å². The Kier molecular flexibility index (Phi) is 4.93. The fourth-order valence-corrected chi connectivity index (χ4v) is 3.28. The van der Waals surface area contributed by atoms with E-state index in [1.54, 1.807) is 0 Å². The summed E-state index contributed by atoms with van der Waals surface area (Å²) in [6.45, 7) is 0.329. The molecule has 126 valence electrons. The molecule has 0 heterocycles. The third-order valence-corrected chi connectivity index (χ3v) is 4.43. The number of rotatable bonds is 4. The smallest absolute Gasteiger partial charge is 0.338 e. The number of carbonyl (C=O) groups excluding carboxylic acids is 1. The van der Waals surface area contributed by atoms with Crippen LogP contribution in [-0.2, 0) is 6.54 Å². The van der Waals surface area contributed by atoms with Crippen LogP contribution in [0.4, 0.5) is 0 Å². The fraction of sp³-hybridized carbons (Fsp3) is 0.0526. The molecule has 25 heavy (non-hydrogen) atoms. The summed E-state index contributed by atoms with van der Waals surface area (Å²) in [5.41, 5.74) is 0.972. The van der Waals surface area contributed by atoms with Gasteiger partial charge in [0.05, 0.1) is 15.6 Å². The number of benzene rings is 3. The van der Waals surface area contributed by atoms with E-state index in [-0.39, 0.29) is 27.1 Å². The minimum atomic E-state index is -1.24. The number of fused-ring (bicyclic) bond motifs is 1. The van der Waals surface area contributed by atoms with Crippen molar-refractivity contribution in [1.82, 2.24) is 5.32 Å². The number of hydrogen-bond acceptors (Lipinski definition) is 2. The van der Waals surface area contributed by atoms with E-state index < -0.39 is 5.97 Å². The summed E-state index contributed by atoms with van der Waals surface area (Å²) in [6, 6.07) is 16.4. The van der Waals surface area contributed by atoms with Gasteiger partial charge in [-0.2, -0.15) is 0 Å². The monoisotopic (exact) mass is 373 g/mol. The van der Waals surface area contributed by atoms with Crippen LogP contribution in [0.5, 0.6) is 0 Å². The highest BCUT2D eigenvalue weighted by atomic mass is 35.5. The second kappa shape index (κ2) is 7.13. The van der Waals surface area contributed by atoms with Gasteiger partial charge in [0.25, 0.3) is 5.91 Å². The highest BCUT2D eigenvalue weighted by Crippen LogP contribution is 2.27. The zero-order valence-corrected chi connectivity index (χ0v) is 14.4. The molecule has 0 aliphatic heterocycles. The quantitative estimate of drug-likeness (QED) is 0.691. The maximum Gasteiger partial charge on any atom is 0.338 e. The maximum atomic E-state index is 12.4. The van der Waals surface area contributed by atoms with Gasteiger partial charge >= 0.3 is 5.97 Å². The lowest BCUT2D eigenvalue weighted by Crippen LogP contribution is -2.23. The molecule has 0 aliphatic carbocycles. The predicted octanol–water partition coefficient (Wildman–Crippen LogP) is 4.77. The molecule has 0 radical (unpaired) electrons. The molecule has 0 fully saturated rings. The molecule has 0 unspecified atom stereocenters. The van der Waals surface area contributed by atoms with Gasteiger partial charge in [-0.15, -0.1) is 0 Å². The summed E-state index contributed by atoms with van der Waals surface area (Å²) >= 11 is 11.8. The lowest BCUT2D eigenvalue weighted by Gasteiger charge is -2.10. The number of amides is 1. The predicted molar refractivity (Wildman–Crippen MR) is 98.5 cm³/mol. The molecule has 0 spiro atoms. The van der Waals surface area contributed by atoms with Crippen LogP contribution in [0, 0.1) is 0 Å². The Balaban J connectivity index is 1.82. The first-order chi connectivity index (χ1) is 12.0. The van der Waals surface area contributed by atoms with Gasteiger partial charge in [0, 0.05) is 12.1 Å². The second-order valence-electron chi connectivity index (χ2n) is 5.44. The largest absolute Gasteiger partial charge is 0.478 e. The van der Waals surface area contributed by atoms with Gasteiger partial charge in [-0.05, 0) is 28.5 Å². The van der Waals surface area contributed by atoms with Gasteiger partial charge in [0.15, 0.2) is 0 Å². The van der Waals surface area contributed by atoms with E-state index >= 15 is 0 Å². The number of carbonyl (C=O) groups is 2. The molecule has 0 saturated carbocycles. The Morgan fingerprint density at radius 3 is 2.28 bits per heavy atom. The van der Waals surface area contributed by atoms with Crippen molar-refractivity contribution in [3.05, 3.63) is 81.3 Å². The third-order valence-electron chi connectivity index (χ3n) is 3.84. The second-order valence-corrected chi connectivity index (χ2v) is 6.26. The van der Waals surface area contributed by atoms with Crippen molar-refractivity contribution in [1.29, 1.82) is 0 Å². The number of carboxylic acids is 1. The molecule has 3 aromatic carbocycles. The van der Waals surface area contributed by atoms with Crippen LogP contribution in [0.1, 0.15) is 26.3 Å². The van der Waals surface area contributed by atoms with E-state index in [1.807, 2.05) is 42.5 Å². The standard InChI is InChI=1S/C19H13Cl2NO3/c20-15-8-13(9-16(21)17(15)19(24)25)18(23)22-10-12-6-3-5-11-4-1-2-7-14(11)12/h1-9H,10H2,(H,22,23)(H,24,25). The molecule has 6 heteroatoms. The first-order valence-corrected chi connectivity index (χ1v) is 8.20. The molecule has 1 amide bonds.